The molecule has 4 aliphatic rings. The van der Waals surface area contributed by atoms with Crippen LogP contribution in [-0.4, -0.2) is 50.8 Å². The van der Waals surface area contributed by atoms with Crippen molar-refractivity contribution in [1.29, 1.82) is 0 Å². The van der Waals surface area contributed by atoms with Gasteiger partial charge in [0, 0.05) is 30.1 Å². The molecule has 1 atom stereocenters. The molecule has 3 aliphatic heterocycles. The fourth-order valence-corrected chi connectivity index (χ4v) is 4.48. The Morgan fingerprint density at radius 3 is 3.10 bits per heavy atom. The summed E-state index contributed by atoms with van der Waals surface area (Å²) in [5, 5.41) is 3.34. The van der Waals surface area contributed by atoms with Crippen LogP contribution in [-0.2, 0) is 9.53 Å². The van der Waals surface area contributed by atoms with Gasteiger partial charge in [-0.15, -0.1) is 0 Å². The highest BCUT2D eigenvalue weighted by atomic mass is 16.5. The van der Waals surface area contributed by atoms with Gasteiger partial charge in [0.1, 0.15) is 24.7 Å². The molecule has 9 heteroatoms. The molecule has 1 saturated carbocycles. The normalized spacial score (nSPS) is 21.3. The number of imidazole rings is 1. The average Bonchev–Trinajstić information content (AvgIpc) is 3.35. The van der Waals surface area contributed by atoms with Crippen molar-refractivity contribution < 1.29 is 9.53 Å². The molecule has 2 aromatic heterocycles. The Labute approximate surface area is 172 Å². The molecule has 6 rings (SSSR count). The van der Waals surface area contributed by atoms with E-state index in [2.05, 4.69) is 25.2 Å². The van der Waals surface area contributed by atoms with Gasteiger partial charge in [0.2, 0.25) is 5.91 Å². The molecule has 0 radical (unpaired) electrons. The van der Waals surface area contributed by atoms with Crippen LogP contribution in [0.15, 0.2) is 58.6 Å². The van der Waals surface area contributed by atoms with E-state index >= 15 is 0 Å². The minimum Gasteiger partial charge on any atom is -0.495 e. The summed E-state index contributed by atoms with van der Waals surface area (Å²) in [6.07, 6.45) is 9.87. The second-order valence-electron chi connectivity index (χ2n) is 8.01. The minimum atomic E-state index is -0.395. The summed E-state index contributed by atoms with van der Waals surface area (Å²) in [7, 11) is 0. The summed E-state index contributed by atoms with van der Waals surface area (Å²) in [5.74, 6) is 0.808. The molecule has 9 nitrogen and oxygen atoms in total. The number of aromatic nitrogens is 3. The van der Waals surface area contributed by atoms with Gasteiger partial charge < -0.3 is 25.7 Å². The highest BCUT2D eigenvalue weighted by Crippen LogP contribution is 2.39. The zero-order valence-electron chi connectivity index (χ0n) is 16.3. The number of carbonyl (C=O) groups is 1. The van der Waals surface area contributed by atoms with Crippen LogP contribution in [0.2, 0.25) is 0 Å². The van der Waals surface area contributed by atoms with Gasteiger partial charge in [0.05, 0.1) is 23.2 Å². The predicted octanol–water partition coefficient (Wildman–Crippen LogP) is 1.29. The number of fused-ring (bicyclic) bond motifs is 1. The van der Waals surface area contributed by atoms with E-state index in [1.165, 1.54) is 5.57 Å². The summed E-state index contributed by atoms with van der Waals surface area (Å²) < 4.78 is 5.83. The summed E-state index contributed by atoms with van der Waals surface area (Å²) in [5.41, 5.74) is 12.2. The standard InChI is InChI=1S/C21H21N7O2/c22-19(29)16(11-1-2-11)27-15-9-30-8-12-4-6-28-18(12)14(15)7-24-21(28)13-3-5-23-20-17(13)25-10-26-20/h3,5,7,9-11,16,27H,1-2,4,6,8H2,(H2,22,29)(H,23,25,26). The number of nitrogens with one attached hydrogen (secondary N) is 2. The first kappa shape index (κ1) is 17.3. The summed E-state index contributed by atoms with van der Waals surface area (Å²) >= 11 is 0. The maximum absolute atomic E-state index is 12.0. The molecule has 0 aromatic carbocycles. The number of hydrogen-bond acceptors (Lipinski definition) is 7. The Hall–Kier alpha value is -3.62. The molecule has 4 N–H and O–H groups in total. The van der Waals surface area contributed by atoms with E-state index in [1.54, 1.807) is 18.8 Å². The Balaban J connectivity index is 1.43. The molecule has 152 valence electrons. The Bertz CT molecular complexity index is 1180. The monoisotopic (exact) mass is 403 g/mol. The summed E-state index contributed by atoms with van der Waals surface area (Å²) in [4.78, 5) is 30.8. The van der Waals surface area contributed by atoms with Crippen LogP contribution in [0.5, 0.6) is 0 Å². The van der Waals surface area contributed by atoms with Gasteiger partial charge in [-0.3, -0.25) is 4.79 Å². The first-order valence-corrected chi connectivity index (χ1v) is 10.1. The molecule has 30 heavy (non-hydrogen) atoms. The second kappa shape index (κ2) is 6.45. The Morgan fingerprint density at radius 2 is 2.27 bits per heavy atom. The number of carbonyl (C=O) groups excluding carboxylic acids is 1. The Morgan fingerprint density at radius 1 is 1.37 bits per heavy atom. The number of aromatic amines is 1. The van der Waals surface area contributed by atoms with Gasteiger partial charge in [0.25, 0.3) is 0 Å². The van der Waals surface area contributed by atoms with E-state index in [-0.39, 0.29) is 11.8 Å². The summed E-state index contributed by atoms with van der Waals surface area (Å²) in [6.45, 7) is 1.33. The fourth-order valence-electron chi connectivity index (χ4n) is 4.48. The number of pyridine rings is 1. The van der Waals surface area contributed by atoms with E-state index in [1.807, 2.05) is 12.3 Å². The van der Waals surface area contributed by atoms with Gasteiger partial charge in [-0.05, 0) is 36.8 Å². The zero-order valence-corrected chi connectivity index (χ0v) is 16.3. The maximum Gasteiger partial charge on any atom is 0.240 e. The van der Waals surface area contributed by atoms with Crippen molar-refractivity contribution in [2.75, 3.05) is 13.2 Å². The number of H-pyrrole nitrogens is 1. The van der Waals surface area contributed by atoms with Gasteiger partial charge in [-0.1, -0.05) is 0 Å². The third kappa shape index (κ3) is 2.62. The van der Waals surface area contributed by atoms with E-state index in [9.17, 15) is 4.79 Å². The average molecular weight is 403 g/mol. The van der Waals surface area contributed by atoms with Crippen LogP contribution in [0, 0.1) is 5.92 Å². The molecule has 1 amide bonds. The molecule has 0 spiro atoms. The first-order valence-electron chi connectivity index (χ1n) is 10.1. The predicted molar refractivity (Wildman–Crippen MR) is 110 cm³/mol. The molecule has 0 saturated heterocycles. The highest BCUT2D eigenvalue weighted by molar-refractivity contribution is 6.09. The van der Waals surface area contributed by atoms with Crippen molar-refractivity contribution in [3.05, 3.63) is 59.2 Å². The molecule has 1 aliphatic carbocycles. The third-order valence-corrected chi connectivity index (χ3v) is 6.10. The van der Waals surface area contributed by atoms with Crippen LogP contribution >= 0.6 is 0 Å². The third-order valence-electron chi connectivity index (χ3n) is 6.10. The molecular formula is C21H21N7O2. The number of primary amides is 1. The smallest absolute Gasteiger partial charge is 0.240 e. The molecule has 2 aromatic rings. The zero-order chi connectivity index (χ0) is 20.2. The largest absolute Gasteiger partial charge is 0.495 e. The number of nitrogens with zero attached hydrogens (tertiary/aromatic N) is 4. The highest BCUT2D eigenvalue weighted by Gasteiger charge is 2.39. The van der Waals surface area contributed by atoms with Crippen LogP contribution in [0.1, 0.15) is 24.8 Å². The van der Waals surface area contributed by atoms with E-state index in [0.717, 1.165) is 59.7 Å². The lowest BCUT2D eigenvalue weighted by Gasteiger charge is -2.30. The molecule has 1 unspecified atom stereocenters. The van der Waals surface area contributed by atoms with Gasteiger partial charge in [-0.2, -0.15) is 0 Å². The van der Waals surface area contributed by atoms with Crippen LogP contribution in [0.4, 0.5) is 0 Å². The second-order valence-corrected chi connectivity index (χ2v) is 8.01. The number of amidine groups is 1. The van der Waals surface area contributed by atoms with Gasteiger partial charge >= 0.3 is 0 Å². The van der Waals surface area contributed by atoms with Crippen molar-refractivity contribution in [2.45, 2.75) is 25.3 Å². The van der Waals surface area contributed by atoms with Crippen molar-refractivity contribution in [3.8, 4) is 0 Å². The number of hydrogen-bond donors (Lipinski definition) is 3. The van der Waals surface area contributed by atoms with E-state index in [4.69, 9.17) is 15.5 Å². The van der Waals surface area contributed by atoms with Crippen molar-refractivity contribution in [2.24, 2.45) is 16.6 Å². The SMILES string of the molecule is NC(=O)C(NC1=COCC2=C3C1=CN=C(c1ccnc4nc[nH]c14)N3CC2)C1CC1. The lowest BCUT2D eigenvalue weighted by molar-refractivity contribution is -0.120. The van der Waals surface area contributed by atoms with Gasteiger partial charge in [0.15, 0.2) is 5.65 Å². The number of aliphatic imine (C=N–C) groups is 1. The number of amides is 1. The number of rotatable bonds is 5. The van der Waals surface area contributed by atoms with Crippen molar-refractivity contribution in [3.63, 3.8) is 0 Å². The Kier molecular flexibility index (Phi) is 3.71. The lowest BCUT2D eigenvalue weighted by atomic mass is 10.0. The minimum absolute atomic E-state index is 0.286. The van der Waals surface area contributed by atoms with E-state index < -0.39 is 6.04 Å². The quantitative estimate of drug-likeness (QED) is 0.692. The fraction of sp³-hybridized carbons (Fsp3) is 0.333. The molecule has 5 heterocycles. The number of nitrogens with two attached hydrogens (primary N) is 1. The maximum atomic E-state index is 12.0. The van der Waals surface area contributed by atoms with Crippen LogP contribution in [0.25, 0.3) is 11.2 Å². The lowest BCUT2D eigenvalue weighted by Crippen LogP contribution is -2.43. The molecule has 0 bridgehead atoms. The van der Waals surface area contributed by atoms with Gasteiger partial charge in [-0.25, -0.2) is 15.0 Å². The molecule has 1 fully saturated rings. The van der Waals surface area contributed by atoms with Crippen LogP contribution < -0.4 is 11.1 Å². The van der Waals surface area contributed by atoms with E-state index in [0.29, 0.717) is 12.3 Å². The summed E-state index contributed by atoms with van der Waals surface area (Å²) in [6, 6.07) is 1.56. The first-order chi connectivity index (χ1) is 14.7. The number of ether oxygens (including phenoxy) is 1. The van der Waals surface area contributed by atoms with Crippen molar-refractivity contribution in [1.82, 2.24) is 25.2 Å². The van der Waals surface area contributed by atoms with Crippen LogP contribution in [0.3, 0.4) is 0 Å². The van der Waals surface area contributed by atoms with Crippen molar-refractivity contribution >= 4 is 22.9 Å². The topological polar surface area (TPSA) is 122 Å². The molecular weight excluding hydrogens is 382 g/mol.